The van der Waals surface area contributed by atoms with Gasteiger partial charge in [-0.1, -0.05) is 13.8 Å². The van der Waals surface area contributed by atoms with Crippen molar-refractivity contribution in [3.05, 3.63) is 11.6 Å². The highest BCUT2D eigenvalue weighted by atomic mass is 35.5. The van der Waals surface area contributed by atoms with Gasteiger partial charge in [-0.15, -0.1) is 0 Å². The maximum atomic E-state index is 12.0. The van der Waals surface area contributed by atoms with Gasteiger partial charge in [-0.25, -0.2) is 4.98 Å². The highest BCUT2D eigenvalue weighted by Gasteiger charge is 2.60. The SMILES string of the molecule is C[C@]12CC3CC(Nc4nc(Cl)nc5c4ncn5[C@@H]4O[C@H](COP(=O)(O)CS(=O)(=O)O)[C@H](O)[C@@H]4O)(C1)C[C@@](C)(C3)C2. The number of imidazole rings is 1. The lowest BCUT2D eigenvalue weighted by molar-refractivity contribution is -0.0973. The number of rotatable bonds is 8. The minimum atomic E-state index is -4.79. The molecule has 17 heteroatoms. The molecule has 0 spiro atoms. The van der Waals surface area contributed by atoms with Crippen molar-refractivity contribution in [2.24, 2.45) is 16.7 Å². The molecule has 4 aliphatic carbocycles. The van der Waals surface area contributed by atoms with E-state index in [2.05, 4.69) is 34.1 Å². The first-order chi connectivity index (χ1) is 18.5. The van der Waals surface area contributed by atoms with Crippen LogP contribution in [0.4, 0.5) is 5.82 Å². The molecular formula is C23H33ClN5O9PS. The maximum absolute atomic E-state index is 12.0. The van der Waals surface area contributed by atoms with Crippen LogP contribution in [0.1, 0.15) is 58.6 Å². The van der Waals surface area contributed by atoms with Gasteiger partial charge in [0.25, 0.3) is 10.1 Å². The lowest BCUT2D eigenvalue weighted by Gasteiger charge is -2.65. The fraction of sp³-hybridized carbons (Fsp3) is 0.783. The Morgan fingerprint density at radius 1 is 1.18 bits per heavy atom. The van der Waals surface area contributed by atoms with E-state index in [1.54, 1.807) is 0 Å². The van der Waals surface area contributed by atoms with Gasteiger partial charge in [0.1, 0.15) is 18.3 Å². The van der Waals surface area contributed by atoms with Crippen LogP contribution in [-0.4, -0.2) is 83.5 Å². The normalized spacial score (nSPS) is 40.5. The molecule has 3 heterocycles. The van der Waals surface area contributed by atoms with Crippen LogP contribution in [0.25, 0.3) is 11.2 Å². The number of aromatic nitrogens is 4. The van der Waals surface area contributed by atoms with Gasteiger partial charge >= 0.3 is 7.60 Å². The largest absolute Gasteiger partial charge is 0.387 e. The summed E-state index contributed by atoms with van der Waals surface area (Å²) < 4.78 is 54.6. The van der Waals surface area contributed by atoms with E-state index in [0.717, 1.165) is 19.3 Å². The summed E-state index contributed by atoms with van der Waals surface area (Å²) in [5.41, 5.74) is -0.501. The molecule has 5 aliphatic rings. The van der Waals surface area contributed by atoms with Crippen LogP contribution in [-0.2, 0) is 23.9 Å². The minimum absolute atomic E-state index is 0.0433. The quantitative estimate of drug-likeness (QED) is 0.163. The van der Waals surface area contributed by atoms with Gasteiger partial charge in [0.05, 0.1) is 12.9 Å². The summed E-state index contributed by atoms with van der Waals surface area (Å²) in [4.78, 5) is 23.0. The van der Waals surface area contributed by atoms with E-state index in [-0.39, 0.29) is 27.3 Å². The third-order valence-electron chi connectivity index (χ3n) is 8.78. The number of nitrogens with one attached hydrogen (secondary N) is 1. The average Bonchev–Trinajstić information content (AvgIpc) is 3.29. The third kappa shape index (κ3) is 5.29. The Kier molecular flexibility index (Phi) is 6.66. The molecular weight excluding hydrogens is 589 g/mol. The third-order valence-corrected chi connectivity index (χ3v) is 12.1. The average molecular weight is 622 g/mol. The van der Waals surface area contributed by atoms with Crippen molar-refractivity contribution in [2.45, 2.75) is 82.5 Å². The summed E-state index contributed by atoms with van der Waals surface area (Å²) in [5, 5.41) is 24.9. The molecule has 2 aromatic rings. The fourth-order valence-corrected chi connectivity index (χ4v) is 11.0. The summed E-state index contributed by atoms with van der Waals surface area (Å²) in [6, 6.07) is 0. The number of nitrogens with zero attached hydrogens (tertiary/aromatic N) is 4. The highest BCUT2D eigenvalue weighted by molar-refractivity contribution is 7.92. The van der Waals surface area contributed by atoms with Crippen LogP contribution in [0.15, 0.2) is 6.33 Å². The Balaban J connectivity index is 1.25. The number of aliphatic hydroxyl groups is 2. The van der Waals surface area contributed by atoms with E-state index in [1.807, 2.05) is 0 Å². The van der Waals surface area contributed by atoms with Gasteiger partial charge < -0.3 is 29.7 Å². The molecule has 1 aliphatic heterocycles. The molecule has 2 aromatic heterocycles. The van der Waals surface area contributed by atoms with E-state index in [4.69, 9.17) is 25.4 Å². The number of hydrogen-bond acceptors (Lipinski definition) is 11. The molecule has 0 aromatic carbocycles. The lowest BCUT2D eigenvalue weighted by Crippen LogP contribution is -2.61. The zero-order valence-corrected chi connectivity index (χ0v) is 24.4. The van der Waals surface area contributed by atoms with Crippen LogP contribution in [0.3, 0.4) is 0 Å². The van der Waals surface area contributed by atoms with Gasteiger partial charge in [-0.3, -0.25) is 13.7 Å². The van der Waals surface area contributed by atoms with Gasteiger partial charge in [0.15, 0.2) is 28.7 Å². The topological polar surface area (TPSA) is 206 Å². The molecule has 40 heavy (non-hydrogen) atoms. The van der Waals surface area contributed by atoms with Gasteiger partial charge in [-0.05, 0) is 66.9 Å². The van der Waals surface area contributed by atoms with E-state index < -0.39 is 54.4 Å². The Morgan fingerprint density at radius 2 is 1.85 bits per heavy atom. The highest BCUT2D eigenvalue weighted by Crippen LogP contribution is 2.67. The Bertz CT molecular complexity index is 1490. The second-order valence-electron chi connectivity index (χ2n) is 12.9. The molecule has 5 fully saturated rings. The number of aliphatic hydroxyl groups excluding tert-OH is 2. The van der Waals surface area contributed by atoms with Crippen molar-refractivity contribution in [2.75, 3.05) is 17.4 Å². The van der Waals surface area contributed by atoms with E-state index in [1.165, 1.54) is 30.2 Å². The van der Waals surface area contributed by atoms with Crippen LogP contribution in [0.5, 0.6) is 0 Å². The summed E-state index contributed by atoms with van der Waals surface area (Å²) in [7, 11) is -9.55. The molecule has 1 saturated heterocycles. The van der Waals surface area contributed by atoms with Crippen molar-refractivity contribution in [3.8, 4) is 0 Å². The number of fused-ring (bicyclic) bond motifs is 1. The summed E-state index contributed by atoms with van der Waals surface area (Å²) >= 11 is 6.34. The van der Waals surface area contributed by atoms with Crippen LogP contribution in [0.2, 0.25) is 5.28 Å². The molecule has 222 valence electrons. The van der Waals surface area contributed by atoms with Crippen molar-refractivity contribution >= 4 is 46.3 Å². The molecule has 4 saturated carbocycles. The number of halogens is 1. The van der Waals surface area contributed by atoms with Crippen molar-refractivity contribution in [3.63, 3.8) is 0 Å². The molecule has 5 N–H and O–H groups in total. The van der Waals surface area contributed by atoms with Crippen LogP contribution >= 0.6 is 19.2 Å². The number of ether oxygens (including phenoxy) is 1. The van der Waals surface area contributed by atoms with Crippen LogP contribution < -0.4 is 5.32 Å². The zero-order chi connectivity index (χ0) is 28.9. The first kappa shape index (κ1) is 28.7. The Hall–Kier alpha value is -1.42. The first-order valence-corrected chi connectivity index (χ1v) is 16.8. The minimum Gasteiger partial charge on any atom is -0.387 e. The predicted molar refractivity (Wildman–Crippen MR) is 142 cm³/mol. The Labute approximate surface area is 235 Å². The van der Waals surface area contributed by atoms with E-state index >= 15 is 0 Å². The Morgan fingerprint density at radius 3 is 2.48 bits per heavy atom. The zero-order valence-electron chi connectivity index (χ0n) is 22.0. The first-order valence-electron chi connectivity index (χ1n) is 13.1. The smallest absolute Gasteiger partial charge is 0.345 e. The lowest BCUT2D eigenvalue weighted by atomic mass is 9.43. The van der Waals surface area contributed by atoms with Crippen molar-refractivity contribution < 1.29 is 41.9 Å². The van der Waals surface area contributed by atoms with Crippen molar-refractivity contribution in [1.29, 1.82) is 0 Å². The summed E-state index contributed by atoms with van der Waals surface area (Å²) in [6.07, 6.45) is 2.51. The standard InChI is InChI=1S/C23H33ClN5O9PS/c1-21-3-12-4-22(2,7-21)9-23(5-12,8-21)28-17-14-18(27-20(24)26-17)29(10-25-14)19-16(31)15(30)13(38-19)6-37-39(32,33)11-40(34,35)36/h10,12-13,15-16,19,30-31H,3-9,11H2,1-2H3,(H,32,33)(H,26,27,28)(H,34,35,36)/t12?,13-,15+,16+,19-,21-,22+,23?/m1/s1. The molecule has 4 bridgehead atoms. The molecule has 0 amide bonds. The van der Waals surface area contributed by atoms with E-state index in [0.29, 0.717) is 17.3 Å². The monoisotopic (exact) mass is 621 g/mol. The van der Waals surface area contributed by atoms with Gasteiger partial charge in [-0.2, -0.15) is 18.4 Å². The predicted octanol–water partition coefficient (Wildman–Crippen LogP) is 2.31. The van der Waals surface area contributed by atoms with Crippen LogP contribution in [0, 0.1) is 16.7 Å². The molecule has 14 nitrogen and oxygen atoms in total. The van der Waals surface area contributed by atoms with E-state index in [9.17, 15) is 28.1 Å². The molecule has 9 atom stereocenters. The second kappa shape index (κ2) is 9.29. The van der Waals surface area contributed by atoms with Gasteiger partial charge in [0.2, 0.25) is 5.28 Å². The summed E-state index contributed by atoms with van der Waals surface area (Å²) in [5.74, 6) is 1.11. The second-order valence-corrected chi connectivity index (χ2v) is 17.0. The molecule has 0 radical (unpaired) electrons. The fourth-order valence-electron chi connectivity index (χ4n) is 8.53. The van der Waals surface area contributed by atoms with Gasteiger partial charge in [0, 0.05) is 5.54 Å². The summed E-state index contributed by atoms with van der Waals surface area (Å²) in [6.45, 7) is 4.01. The molecule has 3 unspecified atom stereocenters. The number of anilines is 1. The number of hydrogen-bond donors (Lipinski definition) is 5. The molecule has 7 rings (SSSR count). The van der Waals surface area contributed by atoms with Crippen molar-refractivity contribution in [1.82, 2.24) is 19.5 Å². The maximum Gasteiger partial charge on any atom is 0.345 e.